The summed E-state index contributed by atoms with van der Waals surface area (Å²) >= 11 is 0. The van der Waals surface area contributed by atoms with Crippen LogP contribution in [0.1, 0.15) is 31.7 Å². The molecule has 3 rings (SSSR count). The Hall–Kier alpha value is -2.21. The predicted molar refractivity (Wildman–Crippen MR) is 103 cm³/mol. The van der Waals surface area contributed by atoms with Gasteiger partial charge >= 0.3 is 0 Å². The number of piperidine rings is 1. The van der Waals surface area contributed by atoms with E-state index >= 15 is 0 Å². The third kappa shape index (κ3) is 4.49. The van der Waals surface area contributed by atoms with Crippen LogP contribution in [0.5, 0.6) is 0 Å². The normalized spacial score (nSPS) is 16.1. The monoisotopic (exact) mass is 356 g/mol. The molecule has 1 aromatic carbocycles. The first kappa shape index (κ1) is 18.6. The number of carbonyl (C=O) groups excluding carboxylic acids is 1. The van der Waals surface area contributed by atoms with Crippen molar-refractivity contribution in [2.24, 2.45) is 5.92 Å². The Bertz CT molecular complexity index is 822. The SMILES string of the molecule is Cc1cccc2c(=O)n(CC(=O)NCCCN3CCC(C)CC3)cnc12. The average Bonchev–Trinajstić information content (AvgIpc) is 2.63. The Balaban J connectivity index is 1.48. The summed E-state index contributed by atoms with van der Waals surface area (Å²) in [6.45, 7) is 8.22. The number of benzene rings is 1. The van der Waals surface area contributed by atoms with E-state index < -0.39 is 0 Å². The Labute approximate surface area is 154 Å². The van der Waals surface area contributed by atoms with Crippen LogP contribution in [0.2, 0.25) is 0 Å². The molecule has 0 radical (unpaired) electrons. The fourth-order valence-corrected chi connectivity index (χ4v) is 3.48. The van der Waals surface area contributed by atoms with Gasteiger partial charge in [0.05, 0.1) is 17.2 Å². The van der Waals surface area contributed by atoms with Crippen molar-refractivity contribution < 1.29 is 4.79 Å². The van der Waals surface area contributed by atoms with E-state index in [4.69, 9.17) is 0 Å². The minimum atomic E-state index is -0.170. The van der Waals surface area contributed by atoms with Gasteiger partial charge in [-0.1, -0.05) is 19.1 Å². The number of carbonyl (C=O) groups is 1. The topological polar surface area (TPSA) is 67.2 Å². The summed E-state index contributed by atoms with van der Waals surface area (Å²) in [4.78, 5) is 31.5. The van der Waals surface area contributed by atoms with Crippen LogP contribution in [-0.2, 0) is 11.3 Å². The number of nitrogens with zero attached hydrogens (tertiary/aromatic N) is 3. The highest BCUT2D eigenvalue weighted by atomic mass is 16.2. The van der Waals surface area contributed by atoms with Gasteiger partial charge in [0.2, 0.25) is 5.91 Å². The molecule has 0 spiro atoms. The summed E-state index contributed by atoms with van der Waals surface area (Å²) in [5.74, 6) is 0.691. The predicted octanol–water partition coefficient (Wildman–Crippen LogP) is 1.94. The third-order valence-corrected chi connectivity index (χ3v) is 5.22. The number of amides is 1. The zero-order valence-electron chi connectivity index (χ0n) is 15.7. The Morgan fingerprint density at radius 3 is 2.85 bits per heavy atom. The molecule has 0 bridgehead atoms. The van der Waals surface area contributed by atoms with Gasteiger partial charge in [-0.25, -0.2) is 4.98 Å². The van der Waals surface area contributed by atoms with E-state index in [-0.39, 0.29) is 18.0 Å². The van der Waals surface area contributed by atoms with Crippen LogP contribution in [0.3, 0.4) is 0 Å². The molecule has 140 valence electrons. The lowest BCUT2D eigenvalue weighted by Gasteiger charge is -2.30. The van der Waals surface area contributed by atoms with Gasteiger partial charge in [-0.15, -0.1) is 0 Å². The highest BCUT2D eigenvalue weighted by Gasteiger charge is 2.15. The zero-order valence-corrected chi connectivity index (χ0v) is 15.7. The number of aryl methyl sites for hydroxylation is 1. The smallest absolute Gasteiger partial charge is 0.261 e. The van der Waals surface area contributed by atoms with Crippen molar-refractivity contribution in [1.82, 2.24) is 19.8 Å². The van der Waals surface area contributed by atoms with Crippen molar-refractivity contribution in [1.29, 1.82) is 0 Å². The van der Waals surface area contributed by atoms with Crippen LogP contribution in [0.25, 0.3) is 10.9 Å². The van der Waals surface area contributed by atoms with Gasteiger partial charge in [0.25, 0.3) is 5.56 Å². The Morgan fingerprint density at radius 1 is 1.31 bits per heavy atom. The molecule has 2 aromatic rings. The molecule has 2 heterocycles. The number of rotatable bonds is 6. The van der Waals surface area contributed by atoms with Gasteiger partial charge in [-0.2, -0.15) is 0 Å². The van der Waals surface area contributed by atoms with E-state index in [0.717, 1.165) is 37.5 Å². The maximum absolute atomic E-state index is 12.5. The number of hydrogen-bond acceptors (Lipinski definition) is 4. The molecule has 0 aliphatic carbocycles. The number of nitrogens with one attached hydrogen (secondary N) is 1. The van der Waals surface area contributed by atoms with E-state index in [0.29, 0.717) is 17.4 Å². The first-order chi connectivity index (χ1) is 12.5. The van der Waals surface area contributed by atoms with E-state index in [1.807, 2.05) is 19.1 Å². The first-order valence-electron chi connectivity index (χ1n) is 9.48. The van der Waals surface area contributed by atoms with Crippen LogP contribution >= 0.6 is 0 Å². The second kappa shape index (κ2) is 8.45. The number of likely N-dealkylation sites (tertiary alicyclic amines) is 1. The summed E-state index contributed by atoms with van der Waals surface area (Å²) in [7, 11) is 0. The summed E-state index contributed by atoms with van der Waals surface area (Å²) in [6, 6.07) is 5.52. The second-order valence-corrected chi connectivity index (χ2v) is 7.38. The van der Waals surface area contributed by atoms with Crippen molar-refractivity contribution in [3.8, 4) is 0 Å². The molecule has 1 N–H and O–H groups in total. The van der Waals surface area contributed by atoms with Gasteiger partial charge in [0, 0.05) is 6.54 Å². The van der Waals surface area contributed by atoms with Gasteiger partial charge in [0.1, 0.15) is 6.54 Å². The van der Waals surface area contributed by atoms with E-state index in [1.165, 1.54) is 23.7 Å². The van der Waals surface area contributed by atoms with Crippen molar-refractivity contribution >= 4 is 16.8 Å². The maximum atomic E-state index is 12.5. The maximum Gasteiger partial charge on any atom is 0.261 e. The standard InChI is InChI=1S/C20H28N4O2/c1-15-7-11-23(12-8-15)10-4-9-21-18(25)13-24-14-22-19-16(2)5-3-6-17(19)20(24)26/h3,5-6,14-15H,4,7-13H2,1-2H3,(H,21,25). The molecule has 0 unspecified atom stereocenters. The molecule has 26 heavy (non-hydrogen) atoms. The summed E-state index contributed by atoms with van der Waals surface area (Å²) in [5.41, 5.74) is 1.49. The van der Waals surface area contributed by atoms with Crippen LogP contribution in [-0.4, -0.2) is 46.5 Å². The van der Waals surface area contributed by atoms with E-state index in [1.54, 1.807) is 6.07 Å². The molecule has 6 nitrogen and oxygen atoms in total. The minimum absolute atomic E-state index is 0.0109. The number of fused-ring (bicyclic) bond motifs is 1. The molecule has 1 aliphatic rings. The highest BCUT2D eigenvalue weighted by molar-refractivity contribution is 5.81. The van der Waals surface area contributed by atoms with Crippen LogP contribution in [0.15, 0.2) is 29.3 Å². The van der Waals surface area contributed by atoms with E-state index in [9.17, 15) is 9.59 Å². The molecule has 1 fully saturated rings. The average molecular weight is 356 g/mol. The lowest BCUT2D eigenvalue weighted by atomic mass is 9.99. The Morgan fingerprint density at radius 2 is 2.08 bits per heavy atom. The third-order valence-electron chi connectivity index (χ3n) is 5.22. The fourth-order valence-electron chi connectivity index (χ4n) is 3.48. The molecule has 0 atom stereocenters. The fraction of sp³-hybridized carbons (Fsp3) is 0.550. The first-order valence-corrected chi connectivity index (χ1v) is 9.48. The van der Waals surface area contributed by atoms with Gasteiger partial charge in [-0.05, 0) is 63.4 Å². The lowest BCUT2D eigenvalue weighted by Crippen LogP contribution is -2.36. The van der Waals surface area contributed by atoms with Crippen molar-refractivity contribution in [3.05, 3.63) is 40.4 Å². The molecule has 1 aliphatic heterocycles. The number of para-hydroxylation sites is 1. The van der Waals surface area contributed by atoms with Gasteiger partial charge in [-0.3, -0.25) is 14.2 Å². The number of hydrogen-bond donors (Lipinski definition) is 1. The van der Waals surface area contributed by atoms with Crippen molar-refractivity contribution in [2.45, 2.75) is 39.7 Å². The van der Waals surface area contributed by atoms with Crippen LogP contribution in [0.4, 0.5) is 0 Å². The molecule has 6 heteroatoms. The zero-order chi connectivity index (χ0) is 18.5. The number of aromatic nitrogens is 2. The molecule has 0 saturated carbocycles. The lowest BCUT2D eigenvalue weighted by molar-refractivity contribution is -0.121. The van der Waals surface area contributed by atoms with Crippen LogP contribution < -0.4 is 10.9 Å². The largest absolute Gasteiger partial charge is 0.354 e. The van der Waals surface area contributed by atoms with Gasteiger partial charge < -0.3 is 10.2 Å². The molecular formula is C20H28N4O2. The molecule has 1 amide bonds. The van der Waals surface area contributed by atoms with Gasteiger partial charge in [0.15, 0.2) is 0 Å². The summed E-state index contributed by atoms with van der Waals surface area (Å²) < 4.78 is 1.38. The summed E-state index contributed by atoms with van der Waals surface area (Å²) in [6.07, 6.45) is 4.93. The molecular weight excluding hydrogens is 328 g/mol. The Kier molecular flexibility index (Phi) is 6.04. The quantitative estimate of drug-likeness (QED) is 0.804. The van der Waals surface area contributed by atoms with Crippen molar-refractivity contribution in [3.63, 3.8) is 0 Å². The molecule has 1 saturated heterocycles. The van der Waals surface area contributed by atoms with Crippen LogP contribution in [0, 0.1) is 12.8 Å². The second-order valence-electron chi connectivity index (χ2n) is 7.38. The van der Waals surface area contributed by atoms with Crippen molar-refractivity contribution in [2.75, 3.05) is 26.2 Å². The minimum Gasteiger partial charge on any atom is -0.354 e. The summed E-state index contributed by atoms with van der Waals surface area (Å²) in [5, 5.41) is 3.47. The van der Waals surface area contributed by atoms with E-state index in [2.05, 4.69) is 22.1 Å². The highest BCUT2D eigenvalue weighted by Crippen LogP contribution is 2.15. The molecule has 1 aromatic heterocycles.